The molecule has 0 heterocycles. The Bertz CT molecular complexity index is 1120. The van der Waals surface area contributed by atoms with E-state index in [0.29, 0.717) is 12.8 Å². The lowest BCUT2D eigenvalue weighted by molar-refractivity contribution is -0.132. The summed E-state index contributed by atoms with van der Waals surface area (Å²) in [5, 5.41) is 2.83. The van der Waals surface area contributed by atoms with Gasteiger partial charge in [0.1, 0.15) is 5.75 Å². The van der Waals surface area contributed by atoms with E-state index in [-0.39, 0.29) is 22.0 Å². The molecule has 8 heteroatoms. The fourth-order valence-corrected chi connectivity index (χ4v) is 6.19. The highest BCUT2D eigenvalue weighted by molar-refractivity contribution is 6.73. The molecule has 3 N–H and O–H groups in total. The van der Waals surface area contributed by atoms with E-state index in [9.17, 15) is 14.4 Å². The van der Waals surface area contributed by atoms with Crippen molar-refractivity contribution in [3.8, 4) is 5.75 Å². The van der Waals surface area contributed by atoms with E-state index in [1.165, 1.54) is 0 Å². The summed E-state index contributed by atoms with van der Waals surface area (Å²) in [6.45, 7) is 18.5. The van der Waals surface area contributed by atoms with Gasteiger partial charge in [0, 0.05) is 13.2 Å². The van der Waals surface area contributed by atoms with Crippen LogP contribution in [0.1, 0.15) is 68.9 Å². The van der Waals surface area contributed by atoms with Crippen LogP contribution >= 0.6 is 0 Å². The number of carbonyl (C=O) groups is 1. The summed E-state index contributed by atoms with van der Waals surface area (Å²) in [7, 11) is -1.60. The summed E-state index contributed by atoms with van der Waals surface area (Å²) < 4.78 is 11.4. The maximum atomic E-state index is 13.5. The van der Waals surface area contributed by atoms with Crippen molar-refractivity contribution in [1.29, 1.82) is 0 Å². The Labute approximate surface area is 244 Å². The molecular weight excluding hydrogens is 535 g/mol. The second-order valence-corrected chi connectivity index (χ2v) is 22.6. The Morgan fingerprint density at radius 1 is 0.950 bits per heavy atom. The fourth-order valence-electron chi connectivity index (χ4n) is 4.81. The van der Waals surface area contributed by atoms with Crippen molar-refractivity contribution in [2.45, 2.75) is 109 Å². The highest BCUT2D eigenvalue weighted by Gasteiger charge is 2.40. The topological polar surface area (TPSA) is 88.0 Å². The molecule has 0 fully saturated rings. The molecule has 0 radical (unpaired) electrons. The molecule has 2 rings (SSSR count). The van der Waals surface area contributed by atoms with Gasteiger partial charge in [-0.25, -0.2) is 0 Å². The van der Waals surface area contributed by atoms with E-state index in [1.54, 1.807) is 14.2 Å². The predicted molar refractivity (Wildman–Crippen MR) is 170 cm³/mol. The number of rotatable bonds is 14. The standard InChI is InChI=1S/C32H53NO5Si2/c1-23-19-24(20-26(28(23)37-6)22-32(4,5)40(10,11)36)21-27(17-18-31(2,3)39(8,9)35)33-30(34)29(38-7)25-15-13-12-14-16-25/h12-16,19-20,27,29,35-36H,17-18,21-22H2,1-11H3,(H,33,34)/t27-,29+/m1/s1. The molecule has 1 amide bonds. The lowest BCUT2D eigenvalue weighted by Crippen LogP contribution is -2.43. The minimum Gasteiger partial charge on any atom is -0.496 e. The van der Waals surface area contributed by atoms with Crippen LogP contribution in [0.15, 0.2) is 42.5 Å². The third kappa shape index (κ3) is 8.76. The van der Waals surface area contributed by atoms with Crippen LogP contribution in [0.4, 0.5) is 0 Å². The number of hydrogen-bond donors (Lipinski definition) is 3. The van der Waals surface area contributed by atoms with Crippen molar-refractivity contribution in [3.05, 3.63) is 64.7 Å². The monoisotopic (exact) mass is 587 g/mol. The van der Waals surface area contributed by atoms with Crippen molar-refractivity contribution in [2.75, 3.05) is 14.2 Å². The lowest BCUT2D eigenvalue weighted by Gasteiger charge is -2.36. The number of carbonyl (C=O) groups excluding carboxylic acids is 1. The average molecular weight is 588 g/mol. The highest BCUT2D eigenvalue weighted by atomic mass is 28.4. The number of methoxy groups -OCH3 is 2. The third-order valence-electron chi connectivity index (χ3n) is 9.08. The highest BCUT2D eigenvalue weighted by Crippen LogP contribution is 2.43. The van der Waals surface area contributed by atoms with Crippen molar-refractivity contribution in [3.63, 3.8) is 0 Å². The minimum atomic E-state index is -2.44. The molecule has 0 aliphatic carbocycles. The van der Waals surface area contributed by atoms with Gasteiger partial charge in [0.05, 0.1) is 7.11 Å². The molecular formula is C32H53NO5Si2. The normalized spacial score (nSPS) is 14.5. The maximum Gasteiger partial charge on any atom is 0.253 e. The largest absolute Gasteiger partial charge is 0.496 e. The smallest absolute Gasteiger partial charge is 0.253 e. The van der Waals surface area contributed by atoms with Gasteiger partial charge in [0.2, 0.25) is 0 Å². The first-order valence-electron chi connectivity index (χ1n) is 14.3. The molecule has 224 valence electrons. The molecule has 2 aromatic rings. The summed E-state index contributed by atoms with van der Waals surface area (Å²) in [6, 6.07) is 13.7. The van der Waals surface area contributed by atoms with Gasteiger partial charge in [-0.15, -0.1) is 0 Å². The number of amides is 1. The predicted octanol–water partition coefficient (Wildman–Crippen LogP) is 6.70. The number of aryl methyl sites for hydroxylation is 1. The maximum absolute atomic E-state index is 13.5. The Morgan fingerprint density at radius 3 is 2.02 bits per heavy atom. The van der Waals surface area contributed by atoms with Crippen LogP contribution in [-0.2, 0) is 22.4 Å². The van der Waals surface area contributed by atoms with Gasteiger partial charge in [-0.3, -0.25) is 4.79 Å². The van der Waals surface area contributed by atoms with E-state index >= 15 is 0 Å². The van der Waals surface area contributed by atoms with Gasteiger partial charge in [-0.2, -0.15) is 0 Å². The molecule has 0 saturated heterocycles. The first-order chi connectivity index (χ1) is 18.3. The van der Waals surface area contributed by atoms with Crippen LogP contribution in [0.3, 0.4) is 0 Å². The van der Waals surface area contributed by atoms with E-state index < -0.39 is 22.7 Å². The van der Waals surface area contributed by atoms with Gasteiger partial charge in [-0.1, -0.05) is 70.2 Å². The molecule has 0 unspecified atom stereocenters. The molecule has 40 heavy (non-hydrogen) atoms. The zero-order valence-corrected chi connectivity index (χ0v) is 28.6. The number of hydrogen-bond acceptors (Lipinski definition) is 5. The Kier molecular flexibility index (Phi) is 11.4. The Hall–Kier alpha value is -1.98. The molecule has 2 atom stereocenters. The van der Waals surface area contributed by atoms with Crippen LogP contribution in [0, 0.1) is 6.92 Å². The molecule has 0 saturated carbocycles. The second-order valence-electron chi connectivity index (χ2n) is 13.6. The van der Waals surface area contributed by atoms with Crippen LogP contribution in [0.25, 0.3) is 0 Å². The van der Waals surface area contributed by atoms with E-state index in [1.807, 2.05) is 63.4 Å². The van der Waals surface area contributed by atoms with Crippen LogP contribution in [-0.4, -0.2) is 52.4 Å². The summed E-state index contributed by atoms with van der Waals surface area (Å²) in [5.41, 5.74) is 4.03. The fraction of sp³-hybridized carbons (Fsp3) is 0.594. The summed E-state index contributed by atoms with van der Waals surface area (Å²) in [4.78, 5) is 35.4. The van der Waals surface area contributed by atoms with E-state index in [2.05, 4.69) is 45.1 Å². The van der Waals surface area contributed by atoms with Crippen LogP contribution < -0.4 is 10.1 Å². The molecule has 6 nitrogen and oxygen atoms in total. The number of benzene rings is 2. The van der Waals surface area contributed by atoms with Crippen molar-refractivity contribution < 1.29 is 23.9 Å². The van der Waals surface area contributed by atoms with Gasteiger partial charge < -0.3 is 24.4 Å². The van der Waals surface area contributed by atoms with E-state index in [4.69, 9.17) is 9.47 Å². The number of nitrogens with one attached hydrogen (secondary N) is 1. The third-order valence-corrected chi connectivity index (χ3v) is 16.1. The zero-order valence-electron chi connectivity index (χ0n) is 26.6. The van der Waals surface area contributed by atoms with Gasteiger partial charge in [0.15, 0.2) is 22.7 Å². The first kappa shape index (κ1) is 34.2. The summed E-state index contributed by atoms with van der Waals surface area (Å²) in [6.07, 6.45) is 2.15. The van der Waals surface area contributed by atoms with Gasteiger partial charge in [-0.05, 0) is 91.1 Å². The molecule has 0 aliphatic heterocycles. The van der Waals surface area contributed by atoms with Crippen LogP contribution in [0.2, 0.25) is 36.3 Å². The van der Waals surface area contributed by atoms with Crippen LogP contribution in [0.5, 0.6) is 5.75 Å². The Morgan fingerprint density at radius 2 is 1.52 bits per heavy atom. The summed E-state index contributed by atoms with van der Waals surface area (Å²) >= 11 is 0. The minimum absolute atomic E-state index is 0.151. The van der Waals surface area contributed by atoms with Crippen molar-refractivity contribution >= 4 is 22.5 Å². The molecule has 0 spiro atoms. The molecule has 0 aliphatic rings. The van der Waals surface area contributed by atoms with Crippen molar-refractivity contribution in [1.82, 2.24) is 5.32 Å². The SMILES string of the molecule is COc1c(C)cc(C[C@@H](CCC(C)(C)[Si](C)(C)O)NC(=O)[C@@H](OC)c2ccccc2)cc1CC(C)(C)[Si](C)(C)O. The van der Waals surface area contributed by atoms with E-state index in [0.717, 1.165) is 40.8 Å². The van der Waals surface area contributed by atoms with Gasteiger partial charge >= 0.3 is 0 Å². The molecule has 0 bridgehead atoms. The quantitative estimate of drug-likeness (QED) is 0.214. The molecule has 2 aromatic carbocycles. The molecule has 0 aromatic heterocycles. The first-order valence-corrected chi connectivity index (χ1v) is 20.2. The lowest BCUT2D eigenvalue weighted by atomic mass is 9.92. The summed E-state index contributed by atoms with van der Waals surface area (Å²) in [5.74, 6) is 0.685. The van der Waals surface area contributed by atoms with Crippen molar-refractivity contribution in [2.24, 2.45) is 0 Å². The Balaban J connectivity index is 2.43. The number of ether oxygens (including phenoxy) is 2. The second kappa shape index (κ2) is 13.3. The average Bonchev–Trinajstić information content (AvgIpc) is 2.82. The van der Waals surface area contributed by atoms with Gasteiger partial charge in [0.25, 0.3) is 5.91 Å². The zero-order chi connectivity index (χ0) is 30.5.